The molecule has 0 saturated carbocycles. The van der Waals surface area contributed by atoms with Crippen LogP contribution < -0.4 is 5.73 Å². The van der Waals surface area contributed by atoms with Crippen molar-refractivity contribution >= 4 is 16.9 Å². The Morgan fingerprint density at radius 2 is 2.27 bits per heavy atom. The molecule has 1 aromatic heterocycles. The van der Waals surface area contributed by atoms with Crippen LogP contribution >= 0.6 is 0 Å². The average molecular weight is 212 g/mol. The highest BCUT2D eigenvalue weighted by molar-refractivity contribution is 6.06. The maximum absolute atomic E-state index is 13.2. The van der Waals surface area contributed by atoms with Gasteiger partial charge in [-0.15, -0.1) is 4.79 Å². The van der Waals surface area contributed by atoms with E-state index in [2.05, 4.69) is 10.1 Å². The van der Waals surface area contributed by atoms with Crippen LogP contribution in [0.25, 0.3) is 11.0 Å². The molecule has 1 aromatic carbocycles. The van der Waals surface area contributed by atoms with Crippen molar-refractivity contribution in [3.63, 3.8) is 0 Å². The lowest BCUT2D eigenvalue weighted by Crippen LogP contribution is -2.14. The number of nitrogens with zero attached hydrogens (tertiary/aromatic N) is 3. The molecule has 5 nitrogen and oxygen atoms in total. The highest BCUT2D eigenvalue weighted by Crippen LogP contribution is 2.19. The average Bonchev–Trinajstić information content (AvgIpc) is 2.54. The second-order valence-corrected chi connectivity index (χ2v) is 2.82. The third kappa shape index (κ3) is 1.28. The fourth-order valence-electron chi connectivity index (χ4n) is 1.32. The van der Waals surface area contributed by atoms with Crippen molar-refractivity contribution in [1.82, 2.24) is 9.77 Å². The quantitative estimate of drug-likeness (QED) is 0.320. The topological polar surface area (TPSA) is 76.4 Å². The van der Waals surface area contributed by atoms with E-state index in [0.29, 0.717) is 0 Å². The van der Waals surface area contributed by atoms with Gasteiger partial charge in [0.15, 0.2) is 5.84 Å². The van der Waals surface area contributed by atoms with Crippen molar-refractivity contribution in [2.45, 2.75) is 0 Å². The first kappa shape index (κ1) is 9.38. The molecule has 0 bridgehead atoms. The molecule has 78 valence electrons. The Labute approximate surface area is 82.4 Å². The lowest BCUT2D eigenvalue weighted by molar-refractivity contribution is 0.301. The van der Waals surface area contributed by atoms with E-state index in [4.69, 9.17) is 10.9 Å². The van der Waals surface area contributed by atoms with Crippen LogP contribution in [0.4, 0.5) is 8.87 Å². The van der Waals surface area contributed by atoms with Gasteiger partial charge < -0.3 is 10.9 Å². The second-order valence-electron chi connectivity index (χ2n) is 2.82. The number of amidine groups is 1. The zero-order chi connectivity index (χ0) is 11.0. The predicted molar refractivity (Wildman–Crippen MR) is 48.7 cm³/mol. The van der Waals surface area contributed by atoms with E-state index in [-0.39, 0.29) is 27.2 Å². The fourth-order valence-corrected chi connectivity index (χ4v) is 1.32. The maximum Gasteiger partial charge on any atom is 0.318 e. The first-order chi connectivity index (χ1) is 7.15. The summed E-state index contributed by atoms with van der Waals surface area (Å²) in [6.07, 6.45) is -1.27. The van der Waals surface area contributed by atoms with Crippen molar-refractivity contribution in [3.8, 4) is 0 Å². The van der Waals surface area contributed by atoms with Gasteiger partial charge in [-0.3, -0.25) is 0 Å². The number of halogens is 2. The summed E-state index contributed by atoms with van der Waals surface area (Å²) >= 11 is 0. The smallest absolute Gasteiger partial charge is 0.318 e. The summed E-state index contributed by atoms with van der Waals surface area (Å²) < 4.78 is 26.0. The van der Waals surface area contributed by atoms with E-state index in [1.165, 1.54) is 18.2 Å². The summed E-state index contributed by atoms with van der Waals surface area (Å²) in [6, 6.07) is 4.32. The lowest BCUT2D eigenvalue weighted by atomic mass is 10.2. The predicted octanol–water partition coefficient (Wildman–Crippen LogP) is 1.00. The van der Waals surface area contributed by atoms with Gasteiger partial charge in [0.2, 0.25) is 0 Å². The van der Waals surface area contributed by atoms with Crippen LogP contribution in [0.1, 0.15) is 5.56 Å². The number of benzene rings is 1. The van der Waals surface area contributed by atoms with E-state index in [9.17, 15) is 8.87 Å². The Bertz CT molecular complexity index is 549. The molecule has 15 heavy (non-hydrogen) atoms. The SMILES string of the molecule is N/C(=N\O)c1cccc2nc(F)n(F)c12. The summed E-state index contributed by atoms with van der Waals surface area (Å²) in [5.41, 5.74) is 5.32. The first-order valence-electron chi connectivity index (χ1n) is 3.96. The monoisotopic (exact) mass is 212 g/mol. The maximum atomic E-state index is 13.2. The van der Waals surface area contributed by atoms with Gasteiger partial charge in [0, 0.05) is 5.56 Å². The van der Waals surface area contributed by atoms with E-state index in [0.717, 1.165) is 0 Å². The summed E-state index contributed by atoms with van der Waals surface area (Å²) in [4.78, 5) is 3.07. The molecule has 7 heteroatoms. The molecule has 3 N–H and O–H groups in total. The largest absolute Gasteiger partial charge is 0.409 e. The third-order valence-corrected chi connectivity index (χ3v) is 1.97. The van der Waals surface area contributed by atoms with Crippen LogP contribution in [0.5, 0.6) is 0 Å². The zero-order valence-electron chi connectivity index (χ0n) is 7.35. The van der Waals surface area contributed by atoms with Crippen LogP contribution in [0.15, 0.2) is 23.4 Å². The number of aromatic nitrogens is 2. The number of nitrogens with two attached hydrogens (primary N) is 1. The van der Waals surface area contributed by atoms with Crippen molar-refractivity contribution in [2.24, 2.45) is 10.9 Å². The van der Waals surface area contributed by atoms with Crippen molar-refractivity contribution < 1.29 is 14.1 Å². The van der Waals surface area contributed by atoms with E-state index < -0.39 is 6.08 Å². The minimum absolute atomic E-state index is 0.0777. The Kier molecular flexibility index (Phi) is 2.00. The molecule has 0 aliphatic rings. The minimum Gasteiger partial charge on any atom is -0.409 e. The first-order valence-corrected chi connectivity index (χ1v) is 3.96. The third-order valence-electron chi connectivity index (χ3n) is 1.97. The Morgan fingerprint density at radius 1 is 1.53 bits per heavy atom. The standard InChI is InChI=1S/C8H6F2N4O/c9-8-12-5-3-1-2-4(7(11)13-15)6(5)14(8)10/h1-3,15H,(H2,11,13). The Balaban J connectivity index is 2.86. The Morgan fingerprint density at radius 3 is 2.93 bits per heavy atom. The van der Waals surface area contributed by atoms with E-state index >= 15 is 0 Å². The molecule has 0 atom stereocenters. The molecule has 0 aliphatic carbocycles. The molecule has 0 fully saturated rings. The number of fused-ring (bicyclic) bond motifs is 1. The van der Waals surface area contributed by atoms with Gasteiger partial charge in [0.25, 0.3) is 0 Å². The van der Waals surface area contributed by atoms with Gasteiger partial charge in [-0.25, -0.2) is 0 Å². The van der Waals surface area contributed by atoms with Crippen LogP contribution in [0.2, 0.25) is 0 Å². The lowest BCUT2D eigenvalue weighted by Gasteiger charge is -2.00. The molecule has 0 radical (unpaired) electrons. The molecule has 2 aromatic rings. The van der Waals surface area contributed by atoms with Crippen LogP contribution in [-0.2, 0) is 0 Å². The molecule has 0 saturated heterocycles. The molecule has 1 heterocycles. The van der Waals surface area contributed by atoms with Gasteiger partial charge in [-0.2, -0.15) is 9.37 Å². The van der Waals surface area contributed by atoms with Gasteiger partial charge in [-0.05, 0) is 12.1 Å². The highest BCUT2D eigenvalue weighted by atomic mass is 19.2. The van der Waals surface area contributed by atoms with Crippen molar-refractivity contribution in [3.05, 3.63) is 29.8 Å². The Hall–Kier alpha value is -2.18. The zero-order valence-corrected chi connectivity index (χ0v) is 7.35. The summed E-state index contributed by atoms with van der Waals surface area (Å²) in [5, 5.41) is 11.2. The number of rotatable bonds is 1. The molecule has 0 spiro atoms. The van der Waals surface area contributed by atoms with Gasteiger partial charge in [-0.1, -0.05) is 15.7 Å². The van der Waals surface area contributed by atoms with Gasteiger partial charge >= 0.3 is 6.08 Å². The highest BCUT2D eigenvalue weighted by Gasteiger charge is 2.15. The van der Waals surface area contributed by atoms with Gasteiger partial charge in [0.1, 0.15) is 5.52 Å². The minimum atomic E-state index is -1.27. The molecular weight excluding hydrogens is 206 g/mol. The normalized spacial score (nSPS) is 12.3. The fraction of sp³-hybridized carbons (Fsp3) is 0. The molecule has 0 aliphatic heterocycles. The van der Waals surface area contributed by atoms with Crippen LogP contribution in [0.3, 0.4) is 0 Å². The second kappa shape index (κ2) is 3.19. The van der Waals surface area contributed by atoms with Crippen LogP contribution in [-0.4, -0.2) is 20.8 Å². The molecule has 0 amide bonds. The number of hydrogen-bond donors (Lipinski definition) is 2. The summed E-state index contributed by atoms with van der Waals surface area (Å²) in [7, 11) is 0. The van der Waals surface area contributed by atoms with E-state index in [1.807, 2.05) is 0 Å². The van der Waals surface area contributed by atoms with Crippen molar-refractivity contribution in [2.75, 3.05) is 0 Å². The molecule has 0 unspecified atom stereocenters. The molecule has 2 rings (SSSR count). The van der Waals surface area contributed by atoms with Gasteiger partial charge in [0.05, 0.1) is 5.52 Å². The number of para-hydroxylation sites is 1. The van der Waals surface area contributed by atoms with Crippen LogP contribution in [0, 0.1) is 6.08 Å². The molecular formula is C8H6F2N4O. The number of imidazole rings is 1. The summed E-state index contributed by atoms with van der Waals surface area (Å²) in [5.74, 6) is -0.306. The van der Waals surface area contributed by atoms with E-state index in [1.54, 1.807) is 0 Å². The summed E-state index contributed by atoms with van der Waals surface area (Å²) in [6.45, 7) is 0. The number of hydrogen-bond acceptors (Lipinski definition) is 3. The van der Waals surface area contributed by atoms with Crippen molar-refractivity contribution in [1.29, 1.82) is 0 Å². The number of oxime groups is 1.